The molecule has 186 valence electrons. The Hall–Kier alpha value is -3.71. The number of Topliss-reactive ketones (excluding diaryl/α,β-unsaturated/α-hetero) is 1. The molecule has 0 N–H and O–H groups in total. The minimum Gasteiger partial charge on any atom is -0.457 e. The van der Waals surface area contributed by atoms with Gasteiger partial charge in [-0.1, -0.05) is 17.7 Å². The molecule has 1 aliphatic heterocycles. The molecule has 4 rings (SSSR count). The van der Waals surface area contributed by atoms with Crippen molar-refractivity contribution in [2.75, 3.05) is 17.3 Å². The van der Waals surface area contributed by atoms with Crippen molar-refractivity contribution < 1.29 is 28.2 Å². The van der Waals surface area contributed by atoms with E-state index in [9.17, 15) is 18.8 Å². The van der Waals surface area contributed by atoms with E-state index in [0.29, 0.717) is 17.2 Å². The molecule has 0 bridgehead atoms. The molecule has 0 radical (unpaired) electrons. The zero-order chi connectivity index (χ0) is 25.7. The summed E-state index contributed by atoms with van der Waals surface area (Å²) in [5.74, 6) is -1.11. The lowest BCUT2D eigenvalue weighted by Gasteiger charge is -2.19. The second-order valence-corrected chi connectivity index (χ2v) is 8.97. The van der Waals surface area contributed by atoms with Crippen molar-refractivity contribution in [1.82, 2.24) is 0 Å². The average molecular weight is 510 g/mol. The van der Waals surface area contributed by atoms with E-state index in [1.165, 1.54) is 17.0 Å². The topological polar surface area (TPSA) is 72.9 Å². The van der Waals surface area contributed by atoms with Gasteiger partial charge in [0.05, 0.1) is 5.92 Å². The number of aryl methyl sites for hydroxylation is 1. The Morgan fingerprint density at radius 1 is 1.00 bits per heavy atom. The molecule has 0 saturated carbocycles. The van der Waals surface area contributed by atoms with Gasteiger partial charge < -0.3 is 14.4 Å². The van der Waals surface area contributed by atoms with Gasteiger partial charge in [-0.15, -0.1) is 11.6 Å². The number of alkyl halides is 1. The van der Waals surface area contributed by atoms with Crippen molar-refractivity contribution in [3.05, 3.63) is 89.7 Å². The zero-order valence-corrected chi connectivity index (χ0v) is 20.4. The first kappa shape index (κ1) is 25.4. The molecule has 0 spiro atoms. The first-order valence-corrected chi connectivity index (χ1v) is 12.1. The molecular weight excluding hydrogens is 485 g/mol. The van der Waals surface area contributed by atoms with E-state index < -0.39 is 29.6 Å². The number of ketones is 1. The fraction of sp³-hybridized carbons (Fsp3) is 0.250. The molecule has 0 aromatic heterocycles. The number of ether oxygens (including phenoxy) is 2. The van der Waals surface area contributed by atoms with Gasteiger partial charge in [-0.2, -0.15) is 0 Å². The van der Waals surface area contributed by atoms with Crippen molar-refractivity contribution >= 4 is 34.9 Å². The predicted octanol–water partition coefficient (Wildman–Crippen LogP) is 5.70. The zero-order valence-electron chi connectivity index (χ0n) is 19.7. The fourth-order valence-electron chi connectivity index (χ4n) is 3.93. The van der Waals surface area contributed by atoms with E-state index in [-0.39, 0.29) is 36.7 Å². The predicted molar refractivity (Wildman–Crippen MR) is 134 cm³/mol. The molecule has 1 fully saturated rings. The van der Waals surface area contributed by atoms with E-state index in [2.05, 4.69) is 0 Å². The molecule has 8 heteroatoms. The molecule has 1 aliphatic rings. The van der Waals surface area contributed by atoms with Gasteiger partial charge in [0.1, 0.15) is 17.3 Å². The fourth-order valence-corrected chi connectivity index (χ4v) is 4.13. The van der Waals surface area contributed by atoms with Crippen molar-refractivity contribution in [2.45, 2.75) is 25.9 Å². The van der Waals surface area contributed by atoms with Gasteiger partial charge in [-0.05, 0) is 67.6 Å². The van der Waals surface area contributed by atoms with E-state index in [1.54, 1.807) is 24.3 Å². The Labute approximate surface area is 213 Å². The molecule has 36 heavy (non-hydrogen) atoms. The Morgan fingerprint density at radius 3 is 2.22 bits per heavy atom. The van der Waals surface area contributed by atoms with Crippen molar-refractivity contribution in [3.8, 4) is 11.5 Å². The van der Waals surface area contributed by atoms with Crippen LogP contribution in [0.3, 0.4) is 0 Å². The number of carbonyl (C=O) groups excluding carboxylic acids is 3. The minimum atomic E-state index is -1.11. The molecule has 3 aromatic carbocycles. The Balaban J connectivity index is 1.39. The monoisotopic (exact) mass is 509 g/mol. The number of amides is 1. The first-order valence-electron chi connectivity index (χ1n) is 11.5. The molecule has 1 saturated heterocycles. The van der Waals surface area contributed by atoms with E-state index >= 15 is 0 Å². The van der Waals surface area contributed by atoms with Crippen LogP contribution >= 0.6 is 11.6 Å². The lowest BCUT2D eigenvalue weighted by Crippen LogP contribution is -2.32. The standard InChI is InChI=1S/C28H25ClFNO5/c1-18-2-10-23(11-3-18)35-24-12-8-22(9-13-24)31-17-20(16-26(31)32)28(34)36-25(14-15-29)27(33)19-4-6-21(30)7-5-19/h2-13,20,25H,14-17H2,1H3/t20-,25-/m0/s1. The minimum absolute atomic E-state index is 0.0290. The third-order valence-corrected chi connectivity index (χ3v) is 6.13. The molecule has 6 nitrogen and oxygen atoms in total. The number of hydrogen-bond donors (Lipinski definition) is 0. The summed E-state index contributed by atoms with van der Waals surface area (Å²) in [6.45, 7) is 2.13. The van der Waals surface area contributed by atoms with Crippen LogP contribution in [0.15, 0.2) is 72.8 Å². The number of anilines is 1. The summed E-state index contributed by atoms with van der Waals surface area (Å²) >= 11 is 5.82. The van der Waals surface area contributed by atoms with Crippen LogP contribution in [-0.4, -0.2) is 36.2 Å². The lowest BCUT2D eigenvalue weighted by atomic mass is 10.0. The Kier molecular flexibility index (Phi) is 8.00. The van der Waals surface area contributed by atoms with Crippen LogP contribution in [0.4, 0.5) is 10.1 Å². The molecule has 3 aromatic rings. The summed E-state index contributed by atoms with van der Waals surface area (Å²) < 4.78 is 24.5. The van der Waals surface area contributed by atoms with Crippen molar-refractivity contribution in [2.24, 2.45) is 5.92 Å². The maximum Gasteiger partial charge on any atom is 0.312 e. The van der Waals surface area contributed by atoms with Crippen LogP contribution in [0, 0.1) is 18.7 Å². The van der Waals surface area contributed by atoms with Crippen LogP contribution in [0.1, 0.15) is 28.8 Å². The van der Waals surface area contributed by atoms with Crippen molar-refractivity contribution in [1.29, 1.82) is 0 Å². The highest BCUT2D eigenvalue weighted by Gasteiger charge is 2.38. The highest BCUT2D eigenvalue weighted by Crippen LogP contribution is 2.30. The number of halogens is 2. The van der Waals surface area contributed by atoms with Crippen LogP contribution in [0.5, 0.6) is 11.5 Å². The third-order valence-electron chi connectivity index (χ3n) is 5.91. The summed E-state index contributed by atoms with van der Waals surface area (Å²) in [6.07, 6.45) is -1.03. The summed E-state index contributed by atoms with van der Waals surface area (Å²) in [5, 5.41) is 0. The Morgan fingerprint density at radius 2 is 1.61 bits per heavy atom. The summed E-state index contributed by atoms with van der Waals surface area (Å²) in [5.41, 5.74) is 1.98. The van der Waals surface area contributed by atoms with Crippen molar-refractivity contribution in [3.63, 3.8) is 0 Å². The molecule has 0 unspecified atom stereocenters. The maximum atomic E-state index is 13.2. The van der Waals surface area contributed by atoms with Gasteiger partial charge >= 0.3 is 5.97 Å². The molecular formula is C28H25ClFNO5. The summed E-state index contributed by atoms with van der Waals surface area (Å²) in [7, 11) is 0. The smallest absolute Gasteiger partial charge is 0.312 e. The number of carbonyl (C=O) groups is 3. The van der Waals surface area contributed by atoms with Gasteiger partial charge in [0.15, 0.2) is 6.10 Å². The highest BCUT2D eigenvalue weighted by atomic mass is 35.5. The molecule has 1 heterocycles. The Bertz CT molecular complexity index is 1230. The van der Waals surface area contributed by atoms with Gasteiger partial charge in [0, 0.05) is 36.5 Å². The van der Waals surface area contributed by atoms with Gasteiger partial charge in [0.2, 0.25) is 11.7 Å². The van der Waals surface area contributed by atoms with E-state index in [0.717, 1.165) is 17.7 Å². The van der Waals surface area contributed by atoms with E-state index in [1.807, 2.05) is 31.2 Å². The number of rotatable bonds is 9. The summed E-state index contributed by atoms with van der Waals surface area (Å²) in [4.78, 5) is 39.8. The number of esters is 1. The molecule has 1 amide bonds. The second kappa shape index (κ2) is 11.4. The summed E-state index contributed by atoms with van der Waals surface area (Å²) in [6, 6.07) is 19.7. The number of benzene rings is 3. The van der Waals surface area contributed by atoms with Crippen LogP contribution < -0.4 is 9.64 Å². The van der Waals surface area contributed by atoms with Gasteiger partial charge in [0.25, 0.3) is 0 Å². The van der Waals surface area contributed by atoms with E-state index in [4.69, 9.17) is 21.1 Å². The average Bonchev–Trinajstić information content (AvgIpc) is 3.27. The highest BCUT2D eigenvalue weighted by molar-refractivity contribution is 6.18. The van der Waals surface area contributed by atoms with Crippen LogP contribution in [0.2, 0.25) is 0 Å². The number of nitrogens with zero attached hydrogens (tertiary/aromatic N) is 1. The lowest BCUT2D eigenvalue weighted by molar-refractivity contribution is -0.151. The van der Waals surface area contributed by atoms with Crippen LogP contribution in [-0.2, 0) is 14.3 Å². The number of hydrogen-bond acceptors (Lipinski definition) is 5. The quantitative estimate of drug-likeness (QED) is 0.210. The largest absolute Gasteiger partial charge is 0.457 e. The van der Waals surface area contributed by atoms with Crippen LogP contribution in [0.25, 0.3) is 0 Å². The third kappa shape index (κ3) is 6.10. The SMILES string of the molecule is Cc1ccc(Oc2ccc(N3C[C@@H](C(=O)O[C@@H](CCCl)C(=O)c4ccc(F)cc4)CC3=O)cc2)cc1. The normalized spacial score (nSPS) is 16.0. The molecule has 0 aliphatic carbocycles. The second-order valence-electron chi connectivity index (χ2n) is 8.59. The first-order chi connectivity index (χ1) is 17.3. The molecule has 2 atom stereocenters. The van der Waals surface area contributed by atoms with Gasteiger partial charge in [-0.25, -0.2) is 4.39 Å². The maximum absolute atomic E-state index is 13.2. The van der Waals surface area contributed by atoms with Gasteiger partial charge in [-0.3, -0.25) is 14.4 Å².